The molecule has 0 unspecified atom stereocenters. The zero-order valence-corrected chi connectivity index (χ0v) is 19.0. The normalized spacial score (nSPS) is 12.7. The van der Waals surface area contributed by atoms with Gasteiger partial charge in [0.1, 0.15) is 5.69 Å². The van der Waals surface area contributed by atoms with Crippen molar-refractivity contribution in [2.24, 2.45) is 0 Å². The fourth-order valence-electron chi connectivity index (χ4n) is 3.87. The molecule has 0 radical (unpaired) electrons. The van der Waals surface area contributed by atoms with Gasteiger partial charge in [-0.05, 0) is 65.8 Å². The fourth-order valence-corrected chi connectivity index (χ4v) is 4.64. The Morgan fingerprint density at radius 3 is 2.88 bits per heavy atom. The van der Waals surface area contributed by atoms with E-state index >= 15 is 0 Å². The highest BCUT2D eigenvalue weighted by molar-refractivity contribution is 7.13. The van der Waals surface area contributed by atoms with Crippen LogP contribution in [-0.4, -0.2) is 20.2 Å². The molecule has 1 aromatic carbocycles. The summed E-state index contributed by atoms with van der Waals surface area (Å²) in [5.41, 5.74) is 7.64. The standard InChI is InChI=1S/C27H24N4S/c1-4-19-13-20(16-28-15-19)17(2)10-11-23-18(3)27(31-30-23)25-14-22-21(26-9-6-12-32-26)7-5-8-24(22)29-25/h5-16,29-30H,3-4H2,1-2H3/b17-10+,23-11+. The predicted molar refractivity (Wildman–Crippen MR) is 136 cm³/mol. The number of aromatic nitrogens is 4. The molecule has 0 fully saturated rings. The first-order valence-electron chi connectivity index (χ1n) is 10.7. The summed E-state index contributed by atoms with van der Waals surface area (Å²) in [5.74, 6) is 0. The van der Waals surface area contributed by atoms with Gasteiger partial charge in [0, 0.05) is 39.0 Å². The van der Waals surface area contributed by atoms with Crippen LogP contribution in [0.5, 0.6) is 0 Å². The van der Waals surface area contributed by atoms with Gasteiger partial charge in [-0.25, -0.2) is 0 Å². The smallest absolute Gasteiger partial charge is 0.116 e. The van der Waals surface area contributed by atoms with Crippen molar-refractivity contribution in [2.45, 2.75) is 20.3 Å². The number of hydrogen-bond acceptors (Lipinski definition) is 3. The zero-order chi connectivity index (χ0) is 22.1. The van der Waals surface area contributed by atoms with Gasteiger partial charge in [0.2, 0.25) is 0 Å². The summed E-state index contributed by atoms with van der Waals surface area (Å²) in [5, 5.41) is 12.8. The van der Waals surface area contributed by atoms with Crippen molar-refractivity contribution in [2.75, 3.05) is 0 Å². The number of nitrogens with one attached hydrogen (secondary N) is 2. The van der Waals surface area contributed by atoms with E-state index in [1.165, 1.54) is 21.4 Å². The minimum Gasteiger partial charge on any atom is -0.353 e. The second kappa shape index (κ2) is 8.44. The van der Waals surface area contributed by atoms with Crippen molar-refractivity contribution in [3.8, 4) is 21.8 Å². The molecule has 0 saturated carbocycles. The zero-order valence-electron chi connectivity index (χ0n) is 18.1. The van der Waals surface area contributed by atoms with Crippen LogP contribution in [0.15, 0.2) is 66.3 Å². The average Bonchev–Trinajstić information content (AvgIpc) is 3.57. The van der Waals surface area contributed by atoms with Crippen LogP contribution in [0.2, 0.25) is 0 Å². The number of aryl methyl sites for hydroxylation is 1. The predicted octanol–water partition coefficient (Wildman–Crippen LogP) is 5.54. The number of pyridine rings is 1. The first-order chi connectivity index (χ1) is 15.6. The van der Waals surface area contributed by atoms with Gasteiger partial charge in [-0.1, -0.05) is 37.8 Å². The molecule has 4 aromatic heterocycles. The van der Waals surface area contributed by atoms with Crippen molar-refractivity contribution in [3.63, 3.8) is 0 Å². The van der Waals surface area contributed by atoms with Crippen LogP contribution in [0.4, 0.5) is 0 Å². The van der Waals surface area contributed by atoms with E-state index in [0.717, 1.165) is 45.0 Å². The Labute approximate surface area is 190 Å². The number of allylic oxidation sites excluding steroid dienone is 2. The Morgan fingerprint density at radius 1 is 1.16 bits per heavy atom. The maximum absolute atomic E-state index is 4.56. The van der Waals surface area contributed by atoms with Crippen LogP contribution in [0.3, 0.4) is 0 Å². The van der Waals surface area contributed by atoms with E-state index in [4.69, 9.17) is 0 Å². The van der Waals surface area contributed by atoms with E-state index in [9.17, 15) is 0 Å². The molecular weight excluding hydrogens is 412 g/mol. The van der Waals surface area contributed by atoms with Crippen molar-refractivity contribution in [3.05, 3.63) is 88.0 Å². The molecule has 2 N–H and O–H groups in total. The largest absolute Gasteiger partial charge is 0.353 e. The topological polar surface area (TPSA) is 57.4 Å². The Kier molecular flexibility index (Phi) is 5.33. The number of rotatable bonds is 5. The first kappa shape index (κ1) is 20.2. The lowest BCUT2D eigenvalue weighted by atomic mass is 10.1. The van der Waals surface area contributed by atoms with Gasteiger partial charge in [-0.2, -0.15) is 5.10 Å². The summed E-state index contributed by atoms with van der Waals surface area (Å²) in [6, 6.07) is 14.9. The van der Waals surface area contributed by atoms with Crippen LogP contribution < -0.4 is 10.6 Å². The van der Waals surface area contributed by atoms with Crippen LogP contribution >= 0.6 is 11.3 Å². The SMILES string of the molecule is C=c1c(-c2cc3c(-c4cccs4)cccc3[nH]2)n[nH]/c1=C/C=C(\C)c1cncc(CC)c1. The summed E-state index contributed by atoms with van der Waals surface area (Å²) in [6.45, 7) is 8.53. The molecule has 5 rings (SSSR count). The van der Waals surface area contributed by atoms with Crippen molar-refractivity contribution < 1.29 is 0 Å². The lowest BCUT2D eigenvalue weighted by Gasteiger charge is -2.02. The van der Waals surface area contributed by atoms with E-state index in [1.54, 1.807) is 11.3 Å². The molecule has 5 heteroatoms. The number of hydrogen-bond donors (Lipinski definition) is 2. The molecular formula is C27H24N4S. The molecule has 0 amide bonds. The van der Waals surface area contributed by atoms with Gasteiger partial charge in [0.05, 0.1) is 11.0 Å². The van der Waals surface area contributed by atoms with Crippen LogP contribution in [0.1, 0.15) is 25.0 Å². The average molecular weight is 437 g/mol. The van der Waals surface area contributed by atoms with Crippen molar-refractivity contribution >= 4 is 40.5 Å². The summed E-state index contributed by atoms with van der Waals surface area (Å²) < 4.78 is 0. The highest BCUT2D eigenvalue weighted by Crippen LogP contribution is 2.33. The summed E-state index contributed by atoms with van der Waals surface area (Å²) in [6.07, 6.45) is 8.91. The molecule has 5 aromatic rings. The van der Waals surface area contributed by atoms with Gasteiger partial charge >= 0.3 is 0 Å². The molecule has 0 spiro atoms. The minimum atomic E-state index is 0.838. The highest BCUT2D eigenvalue weighted by atomic mass is 32.1. The molecule has 0 saturated heterocycles. The van der Waals surface area contributed by atoms with E-state index < -0.39 is 0 Å². The monoisotopic (exact) mass is 436 g/mol. The maximum atomic E-state index is 4.56. The van der Waals surface area contributed by atoms with E-state index in [1.807, 2.05) is 18.5 Å². The van der Waals surface area contributed by atoms with Crippen molar-refractivity contribution in [1.82, 2.24) is 20.2 Å². The number of thiophene rings is 1. The van der Waals surface area contributed by atoms with Gasteiger partial charge in [-0.3, -0.25) is 10.1 Å². The van der Waals surface area contributed by atoms with E-state index in [0.29, 0.717) is 0 Å². The van der Waals surface area contributed by atoms with Gasteiger partial charge in [0.15, 0.2) is 0 Å². The minimum absolute atomic E-state index is 0.838. The molecule has 0 aliphatic heterocycles. The number of H-pyrrole nitrogens is 2. The third kappa shape index (κ3) is 3.72. The fraction of sp³-hybridized carbons (Fsp3) is 0.111. The van der Waals surface area contributed by atoms with E-state index in [2.05, 4.69) is 94.5 Å². The molecule has 4 heterocycles. The molecule has 0 atom stereocenters. The molecule has 158 valence electrons. The molecule has 32 heavy (non-hydrogen) atoms. The number of benzene rings is 1. The third-order valence-corrected chi connectivity index (χ3v) is 6.67. The van der Waals surface area contributed by atoms with Gasteiger partial charge in [-0.15, -0.1) is 11.3 Å². The molecule has 0 aliphatic rings. The van der Waals surface area contributed by atoms with Crippen LogP contribution in [-0.2, 0) is 6.42 Å². The quantitative estimate of drug-likeness (QED) is 0.380. The molecule has 0 aliphatic carbocycles. The molecule has 0 bridgehead atoms. The van der Waals surface area contributed by atoms with Crippen LogP contribution in [0, 0.1) is 0 Å². The summed E-state index contributed by atoms with van der Waals surface area (Å²) in [4.78, 5) is 9.12. The lowest BCUT2D eigenvalue weighted by molar-refractivity contribution is 1.06. The van der Waals surface area contributed by atoms with E-state index in [-0.39, 0.29) is 0 Å². The van der Waals surface area contributed by atoms with Crippen LogP contribution in [0.25, 0.3) is 51.0 Å². The second-order valence-corrected chi connectivity index (χ2v) is 8.79. The van der Waals surface area contributed by atoms with Crippen molar-refractivity contribution in [1.29, 1.82) is 0 Å². The first-order valence-corrected chi connectivity index (χ1v) is 11.5. The second-order valence-electron chi connectivity index (χ2n) is 7.84. The summed E-state index contributed by atoms with van der Waals surface area (Å²) >= 11 is 1.75. The Bertz CT molecular complexity index is 1530. The summed E-state index contributed by atoms with van der Waals surface area (Å²) in [7, 11) is 0. The van der Waals surface area contributed by atoms with Gasteiger partial charge in [0.25, 0.3) is 0 Å². The number of aromatic amines is 2. The number of nitrogens with zero attached hydrogens (tertiary/aromatic N) is 2. The number of fused-ring (bicyclic) bond motifs is 1. The molecule has 4 nitrogen and oxygen atoms in total. The van der Waals surface area contributed by atoms with Gasteiger partial charge < -0.3 is 4.98 Å². The third-order valence-electron chi connectivity index (χ3n) is 5.76. The Balaban J connectivity index is 1.52. The maximum Gasteiger partial charge on any atom is 0.116 e. The Hall–Kier alpha value is -3.70. The highest BCUT2D eigenvalue weighted by Gasteiger charge is 2.11. The lowest BCUT2D eigenvalue weighted by Crippen LogP contribution is -2.21. The Morgan fingerprint density at radius 2 is 2.06 bits per heavy atom.